The highest BCUT2D eigenvalue weighted by atomic mass is 15.3. The minimum absolute atomic E-state index is 0.403. The molecule has 0 aliphatic carbocycles. The molecule has 1 saturated heterocycles. The number of fused-ring (bicyclic) bond motifs is 1. The van der Waals surface area contributed by atoms with Gasteiger partial charge < -0.3 is 0 Å². The first kappa shape index (κ1) is 9.78. The zero-order chi connectivity index (χ0) is 11.1. The van der Waals surface area contributed by atoms with Gasteiger partial charge in [0.2, 0.25) is 0 Å². The van der Waals surface area contributed by atoms with Crippen molar-refractivity contribution in [2.75, 3.05) is 13.6 Å². The van der Waals surface area contributed by atoms with Gasteiger partial charge in [-0.15, -0.1) is 5.10 Å². The van der Waals surface area contributed by atoms with E-state index in [0.717, 1.165) is 18.0 Å². The molecule has 2 aromatic rings. The van der Waals surface area contributed by atoms with Gasteiger partial charge in [0.1, 0.15) is 0 Å². The van der Waals surface area contributed by atoms with E-state index in [2.05, 4.69) is 35.0 Å². The minimum Gasteiger partial charge on any atom is -0.296 e. The molecule has 3 rings (SSSR count). The normalized spacial score (nSPS) is 22.0. The monoisotopic (exact) mass is 216 g/mol. The van der Waals surface area contributed by atoms with Crippen LogP contribution < -0.4 is 0 Å². The van der Waals surface area contributed by atoms with Crippen LogP contribution in [-0.4, -0.2) is 33.1 Å². The number of hydrogen-bond donors (Lipinski definition) is 0. The molecule has 1 aliphatic rings. The fraction of sp³-hybridized carbons (Fsp3) is 0.500. The van der Waals surface area contributed by atoms with Gasteiger partial charge in [-0.3, -0.25) is 4.90 Å². The highest BCUT2D eigenvalue weighted by Crippen LogP contribution is 2.28. The van der Waals surface area contributed by atoms with Crippen molar-refractivity contribution in [2.24, 2.45) is 0 Å². The summed E-state index contributed by atoms with van der Waals surface area (Å²) < 4.78 is 1.89. The third-order valence-electron chi connectivity index (χ3n) is 3.31. The molecule has 84 valence electrons. The summed E-state index contributed by atoms with van der Waals surface area (Å²) in [5.41, 5.74) is 2.16. The third-order valence-corrected chi connectivity index (χ3v) is 3.31. The van der Waals surface area contributed by atoms with E-state index in [-0.39, 0.29) is 0 Å². The number of pyridine rings is 1. The first-order valence-electron chi connectivity index (χ1n) is 5.77. The van der Waals surface area contributed by atoms with Gasteiger partial charge in [0.05, 0.1) is 6.04 Å². The van der Waals surface area contributed by atoms with Gasteiger partial charge in [-0.05, 0) is 45.0 Å². The van der Waals surface area contributed by atoms with Gasteiger partial charge in [0.25, 0.3) is 0 Å². The summed E-state index contributed by atoms with van der Waals surface area (Å²) in [6.07, 6.45) is 4.45. The lowest BCUT2D eigenvalue weighted by Gasteiger charge is -2.15. The highest BCUT2D eigenvalue weighted by Gasteiger charge is 2.26. The first-order valence-corrected chi connectivity index (χ1v) is 5.77. The smallest absolute Gasteiger partial charge is 0.168 e. The SMILES string of the molecule is Cc1ccc2nc(C3CCCN3C)nn2c1. The average molecular weight is 216 g/mol. The summed E-state index contributed by atoms with van der Waals surface area (Å²) in [6, 6.07) is 4.51. The second-order valence-corrected chi connectivity index (χ2v) is 4.62. The van der Waals surface area contributed by atoms with Gasteiger partial charge >= 0.3 is 0 Å². The molecule has 0 amide bonds. The molecule has 1 aliphatic heterocycles. The molecule has 16 heavy (non-hydrogen) atoms. The van der Waals surface area contributed by atoms with E-state index in [1.165, 1.54) is 18.4 Å². The summed E-state index contributed by atoms with van der Waals surface area (Å²) >= 11 is 0. The first-order chi connectivity index (χ1) is 7.74. The van der Waals surface area contributed by atoms with Gasteiger partial charge in [-0.2, -0.15) is 0 Å². The largest absolute Gasteiger partial charge is 0.296 e. The van der Waals surface area contributed by atoms with Crippen LogP contribution in [0, 0.1) is 6.92 Å². The van der Waals surface area contributed by atoms with Gasteiger partial charge in [0.15, 0.2) is 11.5 Å². The molecule has 1 unspecified atom stereocenters. The van der Waals surface area contributed by atoms with Gasteiger partial charge in [-0.25, -0.2) is 9.50 Å². The number of aryl methyl sites for hydroxylation is 1. The molecular formula is C12H16N4. The summed E-state index contributed by atoms with van der Waals surface area (Å²) in [7, 11) is 2.15. The lowest BCUT2D eigenvalue weighted by Crippen LogP contribution is -2.18. The van der Waals surface area contributed by atoms with E-state index in [1.54, 1.807) is 0 Å². The fourth-order valence-electron chi connectivity index (χ4n) is 2.38. The van der Waals surface area contributed by atoms with Crippen molar-refractivity contribution in [1.29, 1.82) is 0 Å². The van der Waals surface area contributed by atoms with Gasteiger partial charge in [-0.1, -0.05) is 6.07 Å². The van der Waals surface area contributed by atoms with Crippen molar-refractivity contribution in [3.05, 3.63) is 29.7 Å². The van der Waals surface area contributed by atoms with E-state index in [4.69, 9.17) is 0 Å². The molecule has 0 saturated carbocycles. The van der Waals surface area contributed by atoms with Crippen LogP contribution >= 0.6 is 0 Å². The number of nitrogens with zero attached hydrogens (tertiary/aromatic N) is 4. The van der Waals surface area contributed by atoms with Crippen molar-refractivity contribution in [1.82, 2.24) is 19.5 Å². The maximum Gasteiger partial charge on any atom is 0.168 e. The molecular weight excluding hydrogens is 200 g/mol. The molecule has 3 heterocycles. The van der Waals surface area contributed by atoms with Crippen molar-refractivity contribution in [3.8, 4) is 0 Å². The van der Waals surface area contributed by atoms with Crippen molar-refractivity contribution >= 4 is 5.65 Å². The lowest BCUT2D eigenvalue weighted by molar-refractivity contribution is 0.306. The molecule has 1 fully saturated rings. The van der Waals surface area contributed by atoms with Crippen LogP contribution in [-0.2, 0) is 0 Å². The van der Waals surface area contributed by atoms with E-state index < -0.39 is 0 Å². The Labute approximate surface area is 94.9 Å². The van der Waals surface area contributed by atoms with E-state index in [1.807, 2.05) is 16.8 Å². The Balaban J connectivity index is 2.04. The summed E-state index contributed by atoms with van der Waals surface area (Å²) in [5, 5.41) is 4.57. The number of likely N-dealkylation sites (tertiary alicyclic amines) is 1. The Morgan fingerprint density at radius 2 is 2.25 bits per heavy atom. The van der Waals surface area contributed by atoms with E-state index in [0.29, 0.717) is 6.04 Å². The predicted molar refractivity (Wildman–Crippen MR) is 62.3 cm³/mol. The summed E-state index contributed by atoms with van der Waals surface area (Å²) in [5.74, 6) is 0.964. The predicted octanol–water partition coefficient (Wildman–Crippen LogP) is 1.80. The third kappa shape index (κ3) is 1.50. The topological polar surface area (TPSA) is 33.4 Å². The van der Waals surface area contributed by atoms with Crippen molar-refractivity contribution in [2.45, 2.75) is 25.8 Å². The minimum atomic E-state index is 0.403. The molecule has 0 radical (unpaired) electrons. The van der Waals surface area contributed by atoms with Crippen molar-refractivity contribution < 1.29 is 0 Å². The number of rotatable bonds is 1. The Morgan fingerprint density at radius 1 is 1.38 bits per heavy atom. The van der Waals surface area contributed by atoms with Crippen LogP contribution in [0.4, 0.5) is 0 Å². The van der Waals surface area contributed by atoms with Crippen molar-refractivity contribution in [3.63, 3.8) is 0 Å². The summed E-state index contributed by atoms with van der Waals surface area (Å²) in [6.45, 7) is 3.22. The molecule has 4 heteroatoms. The lowest BCUT2D eigenvalue weighted by atomic mass is 10.2. The quantitative estimate of drug-likeness (QED) is 0.729. The number of aromatic nitrogens is 3. The molecule has 2 aromatic heterocycles. The van der Waals surface area contributed by atoms with Crippen LogP contribution in [0.3, 0.4) is 0 Å². The number of hydrogen-bond acceptors (Lipinski definition) is 3. The summed E-state index contributed by atoms with van der Waals surface area (Å²) in [4.78, 5) is 6.93. The van der Waals surface area contributed by atoms with E-state index >= 15 is 0 Å². The fourth-order valence-corrected chi connectivity index (χ4v) is 2.38. The van der Waals surface area contributed by atoms with Crippen LogP contribution in [0.15, 0.2) is 18.3 Å². The standard InChI is InChI=1S/C12H16N4/c1-9-5-6-11-13-12(14-16(11)8-9)10-4-3-7-15(10)2/h5-6,8,10H,3-4,7H2,1-2H3. The zero-order valence-electron chi connectivity index (χ0n) is 9.72. The van der Waals surface area contributed by atoms with Gasteiger partial charge in [0, 0.05) is 6.20 Å². The molecule has 4 nitrogen and oxygen atoms in total. The second kappa shape index (κ2) is 3.56. The molecule has 0 bridgehead atoms. The van der Waals surface area contributed by atoms with Crippen LogP contribution in [0.5, 0.6) is 0 Å². The van der Waals surface area contributed by atoms with E-state index in [9.17, 15) is 0 Å². The Hall–Kier alpha value is -1.42. The molecule has 0 spiro atoms. The van der Waals surface area contributed by atoms with Crippen LogP contribution in [0.1, 0.15) is 30.3 Å². The Kier molecular flexibility index (Phi) is 2.17. The Morgan fingerprint density at radius 3 is 3.00 bits per heavy atom. The molecule has 1 atom stereocenters. The van der Waals surface area contributed by atoms with Crippen LogP contribution in [0.2, 0.25) is 0 Å². The Bertz CT molecular complexity index is 517. The maximum atomic E-state index is 4.60. The average Bonchev–Trinajstić information content (AvgIpc) is 2.82. The zero-order valence-corrected chi connectivity index (χ0v) is 9.72. The molecule has 0 N–H and O–H groups in total. The van der Waals surface area contributed by atoms with Crippen LogP contribution in [0.25, 0.3) is 5.65 Å². The highest BCUT2D eigenvalue weighted by molar-refractivity contribution is 5.38. The maximum absolute atomic E-state index is 4.60. The second-order valence-electron chi connectivity index (χ2n) is 4.62. The molecule has 0 aromatic carbocycles.